The Kier molecular flexibility index (Phi) is 5.07. The van der Waals surface area contributed by atoms with E-state index < -0.39 is 0 Å². The van der Waals surface area contributed by atoms with Crippen molar-refractivity contribution in [3.8, 4) is 11.3 Å². The molecule has 1 fully saturated rings. The minimum absolute atomic E-state index is 0.0175. The van der Waals surface area contributed by atoms with Crippen LogP contribution >= 0.6 is 11.3 Å². The lowest BCUT2D eigenvalue weighted by atomic mass is 9.99. The molecule has 0 aliphatic carbocycles. The number of anilines is 1. The van der Waals surface area contributed by atoms with Gasteiger partial charge in [0.15, 0.2) is 0 Å². The van der Waals surface area contributed by atoms with Gasteiger partial charge in [-0.2, -0.15) is 11.3 Å². The molecule has 3 amide bonds. The van der Waals surface area contributed by atoms with Crippen LogP contribution in [0.25, 0.3) is 22.3 Å². The van der Waals surface area contributed by atoms with E-state index in [1.54, 1.807) is 16.2 Å². The summed E-state index contributed by atoms with van der Waals surface area (Å²) in [5.41, 5.74) is 10.7. The van der Waals surface area contributed by atoms with Gasteiger partial charge in [-0.3, -0.25) is 19.6 Å². The Morgan fingerprint density at radius 1 is 1.26 bits per heavy atom. The number of urea groups is 1. The number of thiophene rings is 1. The van der Waals surface area contributed by atoms with Crippen molar-refractivity contribution in [1.29, 1.82) is 0 Å². The van der Waals surface area contributed by atoms with E-state index >= 15 is 0 Å². The molecule has 1 saturated heterocycles. The summed E-state index contributed by atoms with van der Waals surface area (Å²) < 4.78 is 0. The normalized spacial score (nSPS) is 17.9. The van der Waals surface area contributed by atoms with Gasteiger partial charge in [0.2, 0.25) is 5.91 Å². The standard InChI is InChI=1S/C22H24N6O2S/c1-26-11-15-10-24-18-3-2-17(14-6-9-31-13-14)25-20(18)21(15)28(22(26)30)16-4-7-27(8-5-16)12-19(23)29/h2-3,6,9-10,13,16H,4-5,7-8,11-12H2,1H3,(H2,23,29). The third-order valence-electron chi connectivity index (χ3n) is 6.06. The fourth-order valence-electron chi connectivity index (χ4n) is 4.54. The number of nitrogens with zero attached hydrogens (tertiary/aromatic N) is 5. The molecule has 0 unspecified atom stereocenters. The van der Waals surface area contributed by atoms with Crippen LogP contribution in [0.4, 0.5) is 10.5 Å². The molecular weight excluding hydrogens is 412 g/mol. The minimum atomic E-state index is -0.320. The van der Waals surface area contributed by atoms with E-state index in [0.29, 0.717) is 6.54 Å². The predicted molar refractivity (Wildman–Crippen MR) is 121 cm³/mol. The van der Waals surface area contributed by atoms with Crippen molar-refractivity contribution >= 4 is 40.0 Å². The number of rotatable bonds is 4. The Labute approximate surface area is 184 Å². The van der Waals surface area contributed by atoms with Gasteiger partial charge in [0.05, 0.1) is 30.0 Å². The molecule has 0 spiro atoms. The van der Waals surface area contributed by atoms with Crippen LogP contribution in [-0.2, 0) is 11.3 Å². The fraction of sp³-hybridized carbons (Fsp3) is 0.364. The second-order valence-corrected chi connectivity index (χ2v) is 8.97. The summed E-state index contributed by atoms with van der Waals surface area (Å²) in [6, 6.07) is 6.03. The van der Waals surface area contributed by atoms with Crippen LogP contribution in [0.1, 0.15) is 18.4 Å². The summed E-state index contributed by atoms with van der Waals surface area (Å²) in [4.78, 5) is 39.9. The van der Waals surface area contributed by atoms with E-state index in [1.807, 2.05) is 41.7 Å². The number of hydrogen-bond acceptors (Lipinski definition) is 6. The largest absolute Gasteiger partial charge is 0.369 e. The van der Waals surface area contributed by atoms with E-state index in [1.165, 1.54) is 0 Å². The Hall–Kier alpha value is -3.04. The quantitative estimate of drug-likeness (QED) is 0.678. The van der Waals surface area contributed by atoms with E-state index in [9.17, 15) is 9.59 Å². The molecule has 2 aliphatic heterocycles. The molecule has 5 rings (SSSR count). The number of carbonyl (C=O) groups excluding carboxylic acids is 2. The monoisotopic (exact) mass is 436 g/mol. The highest BCUT2D eigenvalue weighted by Gasteiger charge is 2.37. The maximum atomic E-state index is 13.3. The molecule has 0 atom stereocenters. The zero-order valence-electron chi connectivity index (χ0n) is 17.3. The number of fused-ring (bicyclic) bond motifs is 3. The molecule has 31 heavy (non-hydrogen) atoms. The van der Waals surface area contributed by atoms with E-state index in [4.69, 9.17) is 10.7 Å². The van der Waals surface area contributed by atoms with Crippen molar-refractivity contribution in [1.82, 2.24) is 19.8 Å². The van der Waals surface area contributed by atoms with E-state index in [-0.39, 0.29) is 24.5 Å². The Balaban J connectivity index is 1.56. The average Bonchev–Trinajstić information content (AvgIpc) is 3.30. The fourth-order valence-corrected chi connectivity index (χ4v) is 5.19. The van der Waals surface area contributed by atoms with Crippen LogP contribution < -0.4 is 10.6 Å². The predicted octanol–water partition coefficient (Wildman–Crippen LogP) is 2.68. The van der Waals surface area contributed by atoms with Crippen LogP contribution in [0.5, 0.6) is 0 Å². The van der Waals surface area contributed by atoms with Gasteiger partial charge in [0, 0.05) is 48.9 Å². The average molecular weight is 437 g/mol. The van der Waals surface area contributed by atoms with Crippen molar-refractivity contribution in [2.45, 2.75) is 25.4 Å². The molecule has 160 valence electrons. The Morgan fingerprint density at radius 2 is 2.06 bits per heavy atom. The van der Waals surface area contributed by atoms with Crippen LogP contribution in [0, 0.1) is 0 Å². The second kappa shape index (κ2) is 7.90. The van der Waals surface area contributed by atoms with Gasteiger partial charge in [0.25, 0.3) is 0 Å². The minimum Gasteiger partial charge on any atom is -0.369 e. The van der Waals surface area contributed by atoms with E-state index in [2.05, 4.69) is 15.3 Å². The van der Waals surface area contributed by atoms with Gasteiger partial charge >= 0.3 is 6.03 Å². The number of nitrogens with two attached hydrogens (primary N) is 1. The molecule has 0 aromatic carbocycles. The first-order chi connectivity index (χ1) is 15.0. The summed E-state index contributed by atoms with van der Waals surface area (Å²) in [6.45, 7) is 2.23. The van der Waals surface area contributed by atoms with Crippen LogP contribution in [0.3, 0.4) is 0 Å². The number of carbonyl (C=O) groups is 2. The third kappa shape index (κ3) is 3.64. The maximum Gasteiger partial charge on any atom is 0.324 e. The van der Waals surface area contributed by atoms with Crippen LogP contribution in [-0.4, -0.2) is 64.4 Å². The number of hydrogen-bond donors (Lipinski definition) is 1. The Bertz CT molecular complexity index is 1140. The zero-order chi connectivity index (χ0) is 21.5. The van der Waals surface area contributed by atoms with Gasteiger partial charge in [0.1, 0.15) is 5.52 Å². The summed E-state index contributed by atoms with van der Waals surface area (Å²) in [6.07, 6.45) is 3.42. The number of aromatic nitrogens is 2. The molecule has 3 aromatic rings. The lowest BCUT2D eigenvalue weighted by molar-refractivity contribution is -0.119. The molecule has 0 bridgehead atoms. The van der Waals surface area contributed by atoms with Gasteiger partial charge in [-0.05, 0) is 36.4 Å². The van der Waals surface area contributed by atoms with Crippen molar-refractivity contribution in [2.75, 3.05) is 31.6 Å². The molecular formula is C22H24N6O2S. The van der Waals surface area contributed by atoms with Crippen LogP contribution in [0.2, 0.25) is 0 Å². The zero-order valence-corrected chi connectivity index (χ0v) is 18.1. The first-order valence-corrected chi connectivity index (χ1v) is 11.3. The summed E-state index contributed by atoms with van der Waals surface area (Å²) in [5, 5.41) is 4.10. The summed E-state index contributed by atoms with van der Waals surface area (Å²) in [7, 11) is 1.82. The molecule has 8 nitrogen and oxygen atoms in total. The second-order valence-electron chi connectivity index (χ2n) is 8.19. The van der Waals surface area contributed by atoms with Crippen molar-refractivity contribution < 1.29 is 9.59 Å². The number of likely N-dealkylation sites (tertiary alicyclic amines) is 1. The van der Waals surface area contributed by atoms with Gasteiger partial charge in [-0.15, -0.1) is 0 Å². The van der Waals surface area contributed by atoms with Crippen molar-refractivity contribution in [3.63, 3.8) is 0 Å². The Morgan fingerprint density at radius 3 is 2.77 bits per heavy atom. The number of amides is 3. The van der Waals surface area contributed by atoms with Gasteiger partial charge in [-0.1, -0.05) is 0 Å². The van der Waals surface area contributed by atoms with Gasteiger partial charge in [-0.25, -0.2) is 9.78 Å². The molecule has 9 heteroatoms. The first-order valence-electron chi connectivity index (χ1n) is 10.4. The number of primary amides is 1. The third-order valence-corrected chi connectivity index (χ3v) is 6.74. The molecule has 0 radical (unpaired) electrons. The lowest BCUT2D eigenvalue weighted by Crippen LogP contribution is -2.54. The number of pyridine rings is 2. The topological polar surface area (TPSA) is 95.7 Å². The summed E-state index contributed by atoms with van der Waals surface area (Å²) >= 11 is 1.63. The molecule has 3 aromatic heterocycles. The molecule has 2 N–H and O–H groups in total. The van der Waals surface area contributed by atoms with E-state index in [0.717, 1.165) is 59.5 Å². The highest BCUT2D eigenvalue weighted by atomic mass is 32.1. The highest BCUT2D eigenvalue weighted by Crippen LogP contribution is 2.37. The lowest BCUT2D eigenvalue weighted by Gasteiger charge is -2.43. The highest BCUT2D eigenvalue weighted by molar-refractivity contribution is 7.08. The SMILES string of the molecule is CN1Cc2cnc3ccc(-c4ccsc4)nc3c2N(C2CCN(CC(N)=O)CC2)C1=O. The van der Waals surface area contributed by atoms with Crippen LogP contribution in [0.15, 0.2) is 35.2 Å². The molecule has 5 heterocycles. The van der Waals surface area contributed by atoms with Crippen molar-refractivity contribution in [2.24, 2.45) is 5.73 Å². The summed E-state index contributed by atoms with van der Waals surface area (Å²) in [5.74, 6) is -0.320. The first kappa shape index (κ1) is 19.9. The van der Waals surface area contributed by atoms with Gasteiger partial charge < -0.3 is 10.6 Å². The molecule has 0 saturated carbocycles. The molecule has 2 aliphatic rings. The van der Waals surface area contributed by atoms with Crippen molar-refractivity contribution in [3.05, 3.63) is 40.7 Å². The maximum absolute atomic E-state index is 13.3. The smallest absolute Gasteiger partial charge is 0.324 e. The number of piperidine rings is 1.